The molecule has 0 aliphatic heterocycles. The number of fused-ring (bicyclic) bond motifs is 1. The molecule has 5 nitrogen and oxygen atoms in total. The smallest absolute Gasteiger partial charge is 0.343 e. The standard InChI is InChI=1S/C16H18O5/c1-3-10(15(18)20-4-2)9-12-14(17)11-7-5-6-8-13(11)21-16(12)19/h5-8,10,17H,3-4,9H2,1-2H3. The quantitative estimate of drug-likeness (QED) is 0.676. The van der Waals surface area contributed by atoms with Gasteiger partial charge in [-0.15, -0.1) is 0 Å². The number of esters is 1. The van der Waals surface area contributed by atoms with Crippen LogP contribution in [0.2, 0.25) is 0 Å². The highest BCUT2D eigenvalue weighted by Gasteiger charge is 2.23. The lowest BCUT2D eigenvalue weighted by Gasteiger charge is -2.14. The molecule has 112 valence electrons. The van der Waals surface area contributed by atoms with E-state index in [1.165, 1.54) is 0 Å². The van der Waals surface area contributed by atoms with Crippen molar-refractivity contribution in [2.24, 2.45) is 5.92 Å². The second kappa shape index (κ2) is 6.43. The van der Waals surface area contributed by atoms with Crippen LogP contribution >= 0.6 is 0 Å². The Morgan fingerprint density at radius 3 is 2.71 bits per heavy atom. The van der Waals surface area contributed by atoms with Crippen molar-refractivity contribution in [2.75, 3.05) is 6.61 Å². The fourth-order valence-electron chi connectivity index (χ4n) is 2.25. The third-order valence-corrected chi connectivity index (χ3v) is 3.44. The number of rotatable bonds is 5. The van der Waals surface area contributed by atoms with Crippen LogP contribution in [0.25, 0.3) is 11.0 Å². The Balaban J connectivity index is 2.42. The Morgan fingerprint density at radius 1 is 1.33 bits per heavy atom. The summed E-state index contributed by atoms with van der Waals surface area (Å²) in [5.41, 5.74) is -0.171. The van der Waals surface area contributed by atoms with Gasteiger partial charge in [-0.3, -0.25) is 4.79 Å². The minimum Gasteiger partial charge on any atom is -0.507 e. The lowest BCUT2D eigenvalue weighted by Crippen LogP contribution is -2.22. The monoisotopic (exact) mass is 290 g/mol. The summed E-state index contributed by atoms with van der Waals surface area (Å²) in [5.74, 6) is -0.962. The number of aromatic hydroxyl groups is 1. The summed E-state index contributed by atoms with van der Waals surface area (Å²) in [7, 11) is 0. The molecule has 1 N–H and O–H groups in total. The van der Waals surface area contributed by atoms with E-state index in [4.69, 9.17) is 9.15 Å². The molecular formula is C16H18O5. The van der Waals surface area contributed by atoms with Gasteiger partial charge in [0.25, 0.3) is 0 Å². The lowest BCUT2D eigenvalue weighted by atomic mass is 9.96. The molecule has 2 aromatic rings. The molecule has 0 fully saturated rings. The zero-order valence-corrected chi connectivity index (χ0v) is 12.1. The molecule has 1 aromatic heterocycles. The van der Waals surface area contributed by atoms with Crippen molar-refractivity contribution in [1.82, 2.24) is 0 Å². The summed E-state index contributed by atoms with van der Waals surface area (Å²) in [6.45, 7) is 3.85. The Bertz CT molecular complexity index is 701. The van der Waals surface area contributed by atoms with Gasteiger partial charge < -0.3 is 14.3 Å². The van der Waals surface area contributed by atoms with Gasteiger partial charge in [0, 0.05) is 0 Å². The van der Waals surface area contributed by atoms with E-state index < -0.39 is 11.5 Å². The van der Waals surface area contributed by atoms with E-state index in [0.29, 0.717) is 17.4 Å². The fourth-order valence-corrected chi connectivity index (χ4v) is 2.25. The van der Waals surface area contributed by atoms with Crippen molar-refractivity contribution in [2.45, 2.75) is 26.7 Å². The Labute approximate surface area is 122 Å². The van der Waals surface area contributed by atoms with Gasteiger partial charge in [0.2, 0.25) is 0 Å². The van der Waals surface area contributed by atoms with Crippen LogP contribution in [0.1, 0.15) is 25.8 Å². The summed E-state index contributed by atoms with van der Waals surface area (Å²) in [6.07, 6.45) is 0.624. The average Bonchev–Trinajstić information content (AvgIpc) is 2.47. The highest BCUT2D eigenvalue weighted by atomic mass is 16.5. The van der Waals surface area contributed by atoms with Crippen molar-refractivity contribution < 1.29 is 19.1 Å². The summed E-state index contributed by atoms with van der Waals surface area (Å²) in [5, 5.41) is 10.7. The Kier molecular flexibility index (Phi) is 4.62. The predicted octanol–water partition coefficient (Wildman–Crippen LogP) is 2.63. The zero-order chi connectivity index (χ0) is 15.4. The second-order valence-corrected chi connectivity index (χ2v) is 4.77. The minimum atomic E-state index is -0.617. The van der Waals surface area contributed by atoms with E-state index in [0.717, 1.165) is 0 Å². The van der Waals surface area contributed by atoms with Crippen LogP contribution in [0.4, 0.5) is 0 Å². The summed E-state index contributed by atoms with van der Waals surface area (Å²) >= 11 is 0. The van der Waals surface area contributed by atoms with Gasteiger partial charge in [0.1, 0.15) is 11.3 Å². The maximum absolute atomic E-state index is 12.0. The zero-order valence-electron chi connectivity index (χ0n) is 12.1. The molecule has 1 heterocycles. The predicted molar refractivity (Wildman–Crippen MR) is 78.3 cm³/mol. The number of hydrogen-bond acceptors (Lipinski definition) is 5. The van der Waals surface area contributed by atoms with Gasteiger partial charge in [-0.2, -0.15) is 0 Å². The molecule has 0 aliphatic rings. The van der Waals surface area contributed by atoms with Crippen molar-refractivity contribution in [1.29, 1.82) is 0 Å². The van der Waals surface area contributed by atoms with Gasteiger partial charge in [-0.25, -0.2) is 4.79 Å². The average molecular weight is 290 g/mol. The number of para-hydroxylation sites is 1. The van der Waals surface area contributed by atoms with E-state index in [2.05, 4.69) is 0 Å². The van der Waals surface area contributed by atoms with E-state index >= 15 is 0 Å². The van der Waals surface area contributed by atoms with Crippen LogP contribution in [0.15, 0.2) is 33.5 Å². The molecular weight excluding hydrogens is 272 g/mol. The molecule has 0 saturated heterocycles. The van der Waals surface area contributed by atoms with Crippen LogP contribution in [0.5, 0.6) is 5.75 Å². The van der Waals surface area contributed by atoms with Crippen molar-refractivity contribution in [3.63, 3.8) is 0 Å². The van der Waals surface area contributed by atoms with Crippen LogP contribution in [-0.4, -0.2) is 17.7 Å². The SMILES string of the molecule is CCOC(=O)C(CC)Cc1c(O)c2ccccc2oc1=O. The third kappa shape index (κ3) is 3.07. The molecule has 5 heteroatoms. The van der Waals surface area contributed by atoms with Crippen molar-refractivity contribution in [3.8, 4) is 5.75 Å². The van der Waals surface area contributed by atoms with Crippen LogP contribution in [-0.2, 0) is 16.0 Å². The van der Waals surface area contributed by atoms with E-state index in [-0.39, 0.29) is 30.3 Å². The van der Waals surface area contributed by atoms with Crippen LogP contribution in [0.3, 0.4) is 0 Å². The van der Waals surface area contributed by atoms with E-state index in [1.807, 2.05) is 6.92 Å². The maximum atomic E-state index is 12.0. The van der Waals surface area contributed by atoms with Crippen molar-refractivity contribution >= 4 is 16.9 Å². The van der Waals surface area contributed by atoms with Crippen LogP contribution in [0, 0.1) is 5.92 Å². The molecule has 0 radical (unpaired) electrons. The Morgan fingerprint density at radius 2 is 2.05 bits per heavy atom. The molecule has 2 rings (SSSR count). The number of hydrogen-bond donors (Lipinski definition) is 1. The van der Waals surface area contributed by atoms with Crippen molar-refractivity contribution in [3.05, 3.63) is 40.2 Å². The molecule has 0 amide bonds. The fraction of sp³-hybridized carbons (Fsp3) is 0.375. The second-order valence-electron chi connectivity index (χ2n) is 4.77. The number of carbonyl (C=O) groups is 1. The maximum Gasteiger partial charge on any atom is 0.343 e. The van der Waals surface area contributed by atoms with Gasteiger partial charge in [-0.1, -0.05) is 19.1 Å². The highest BCUT2D eigenvalue weighted by Crippen LogP contribution is 2.28. The molecule has 0 spiro atoms. The molecule has 0 aliphatic carbocycles. The first kappa shape index (κ1) is 15.1. The van der Waals surface area contributed by atoms with Crippen LogP contribution < -0.4 is 5.63 Å². The number of ether oxygens (including phenoxy) is 1. The number of carbonyl (C=O) groups excluding carboxylic acids is 1. The summed E-state index contributed by atoms with van der Waals surface area (Å²) < 4.78 is 10.2. The van der Waals surface area contributed by atoms with Gasteiger partial charge >= 0.3 is 11.6 Å². The topological polar surface area (TPSA) is 76.7 Å². The third-order valence-electron chi connectivity index (χ3n) is 3.44. The van der Waals surface area contributed by atoms with E-state index in [1.54, 1.807) is 31.2 Å². The first-order valence-corrected chi connectivity index (χ1v) is 6.98. The summed E-state index contributed by atoms with van der Waals surface area (Å²) in [4.78, 5) is 23.8. The molecule has 1 aromatic carbocycles. The number of benzene rings is 1. The first-order valence-electron chi connectivity index (χ1n) is 6.98. The molecule has 1 unspecified atom stereocenters. The largest absolute Gasteiger partial charge is 0.507 e. The molecule has 21 heavy (non-hydrogen) atoms. The van der Waals surface area contributed by atoms with Gasteiger partial charge in [-0.05, 0) is 31.9 Å². The van der Waals surface area contributed by atoms with E-state index in [9.17, 15) is 14.7 Å². The highest BCUT2D eigenvalue weighted by molar-refractivity contribution is 5.84. The van der Waals surface area contributed by atoms with Gasteiger partial charge in [0.15, 0.2) is 0 Å². The lowest BCUT2D eigenvalue weighted by molar-refractivity contribution is -0.148. The first-order chi connectivity index (χ1) is 10.1. The minimum absolute atomic E-state index is 0.105. The summed E-state index contributed by atoms with van der Waals surface area (Å²) in [6, 6.07) is 6.75. The molecule has 1 atom stereocenters. The Hall–Kier alpha value is -2.30. The normalized spacial score (nSPS) is 12.3. The molecule has 0 bridgehead atoms. The van der Waals surface area contributed by atoms with Gasteiger partial charge in [0.05, 0.1) is 23.5 Å². The molecule has 0 saturated carbocycles.